The highest BCUT2D eigenvalue weighted by Gasteiger charge is 2.08. The molecule has 0 radical (unpaired) electrons. The minimum atomic E-state index is -0.279. The average Bonchev–Trinajstić information content (AvgIpc) is 2.47. The van der Waals surface area contributed by atoms with E-state index in [1.54, 1.807) is 6.34 Å². The van der Waals surface area contributed by atoms with Gasteiger partial charge in [0.05, 0.1) is 22.7 Å². The molecule has 0 atom stereocenters. The molecule has 2 rings (SSSR count). The normalized spacial score (nSPS) is 11.0. The number of halogens is 2. The first-order valence-corrected chi connectivity index (χ1v) is 7.85. The maximum Gasteiger partial charge on any atom is 0.125 e. The van der Waals surface area contributed by atoms with Crippen LogP contribution in [0, 0.1) is 19.7 Å². The predicted molar refractivity (Wildman–Crippen MR) is 97.1 cm³/mol. The summed E-state index contributed by atoms with van der Waals surface area (Å²) in [6.45, 7) is 6.73. The summed E-state index contributed by atoms with van der Waals surface area (Å²) in [4.78, 5) is 6.39. The Balaban J connectivity index is 2.35. The van der Waals surface area contributed by atoms with Crippen LogP contribution in [0.2, 0.25) is 5.02 Å². The number of aryl methyl sites for hydroxylation is 2. The van der Waals surface area contributed by atoms with Gasteiger partial charge in [-0.2, -0.15) is 0 Å². The first-order chi connectivity index (χ1) is 10.9. The van der Waals surface area contributed by atoms with Gasteiger partial charge in [-0.25, -0.2) is 9.38 Å². The molecule has 23 heavy (non-hydrogen) atoms. The molecule has 0 aliphatic carbocycles. The van der Waals surface area contributed by atoms with Crippen LogP contribution < -0.4 is 5.32 Å². The van der Waals surface area contributed by atoms with E-state index in [1.807, 2.05) is 50.9 Å². The molecular weight excluding hydrogens is 313 g/mol. The molecule has 2 aromatic carbocycles. The third-order valence-corrected chi connectivity index (χ3v) is 3.81. The van der Waals surface area contributed by atoms with Crippen LogP contribution in [0.15, 0.2) is 35.3 Å². The minimum absolute atomic E-state index is 0.279. The zero-order valence-corrected chi connectivity index (χ0v) is 14.6. The van der Waals surface area contributed by atoms with Gasteiger partial charge >= 0.3 is 0 Å². The van der Waals surface area contributed by atoms with Gasteiger partial charge in [0.15, 0.2) is 0 Å². The van der Waals surface area contributed by atoms with Crippen LogP contribution in [0.3, 0.4) is 0 Å². The maximum absolute atomic E-state index is 13.5. The third-order valence-electron chi connectivity index (χ3n) is 3.41. The van der Waals surface area contributed by atoms with E-state index in [9.17, 15) is 4.39 Å². The zero-order valence-electron chi connectivity index (χ0n) is 13.8. The molecule has 0 fully saturated rings. The summed E-state index contributed by atoms with van der Waals surface area (Å²) in [6.07, 6.45) is 1.75. The Hall–Kier alpha value is -2.07. The van der Waals surface area contributed by atoms with Gasteiger partial charge in [-0.3, -0.25) is 0 Å². The topological polar surface area (TPSA) is 27.6 Å². The number of anilines is 2. The predicted octanol–water partition coefficient (Wildman–Crippen LogP) is 5.45. The molecule has 0 aromatic heterocycles. The van der Waals surface area contributed by atoms with Gasteiger partial charge in [0.1, 0.15) is 5.82 Å². The fourth-order valence-electron chi connectivity index (χ4n) is 2.14. The number of nitrogens with zero attached hydrogens (tertiary/aromatic N) is 2. The second-order valence-corrected chi connectivity index (χ2v) is 5.98. The Labute approximate surface area is 141 Å². The number of hydrogen-bond donors (Lipinski definition) is 1. The zero-order chi connectivity index (χ0) is 17.0. The van der Waals surface area contributed by atoms with Crippen LogP contribution in [0.25, 0.3) is 0 Å². The Morgan fingerprint density at radius 2 is 1.87 bits per heavy atom. The Kier molecular flexibility index (Phi) is 5.61. The molecule has 0 unspecified atom stereocenters. The van der Waals surface area contributed by atoms with Crippen molar-refractivity contribution in [3.05, 3.63) is 52.3 Å². The molecule has 0 amide bonds. The summed E-state index contributed by atoms with van der Waals surface area (Å²) in [6, 6.07) is 8.64. The highest BCUT2D eigenvalue weighted by molar-refractivity contribution is 6.36. The van der Waals surface area contributed by atoms with Gasteiger partial charge < -0.3 is 10.2 Å². The second-order valence-electron chi connectivity index (χ2n) is 5.61. The largest absolute Gasteiger partial charge is 0.366 e. The van der Waals surface area contributed by atoms with Crippen molar-refractivity contribution in [2.75, 3.05) is 18.9 Å². The molecule has 0 saturated carbocycles. The molecule has 0 bridgehead atoms. The fraction of sp³-hybridized carbons (Fsp3) is 0.278. The van der Waals surface area contributed by atoms with Gasteiger partial charge in [-0.15, -0.1) is 0 Å². The maximum atomic E-state index is 13.5. The minimum Gasteiger partial charge on any atom is -0.366 e. The highest BCUT2D eigenvalue weighted by Crippen LogP contribution is 2.35. The molecule has 0 aliphatic heterocycles. The summed E-state index contributed by atoms with van der Waals surface area (Å²) in [7, 11) is 1.95. The van der Waals surface area contributed by atoms with Crippen LogP contribution in [0.1, 0.15) is 18.1 Å². The first kappa shape index (κ1) is 17.3. The monoisotopic (exact) mass is 333 g/mol. The van der Waals surface area contributed by atoms with Crippen molar-refractivity contribution in [1.82, 2.24) is 4.90 Å². The van der Waals surface area contributed by atoms with Crippen molar-refractivity contribution in [1.29, 1.82) is 0 Å². The lowest BCUT2D eigenvalue weighted by molar-refractivity contribution is 0.552. The van der Waals surface area contributed by atoms with Crippen LogP contribution >= 0.6 is 11.6 Å². The van der Waals surface area contributed by atoms with Crippen molar-refractivity contribution in [3.63, 3.8) is 0 Å². The van der Waals surface area contributed by atoms with E-state index in [4.69, 9.17) is 11.6 Å². The quantitative estimate of drug-likeness (QED) is 0.582. The van der Waals surface area contributed by atoms with E-state index in [-0.39, 0.29) is 5.82 Å². The third kappa shape index (κ3) is 4.70. The van der Waals surface area contributed by atoms with Crippen LogP contribution in [0.5, 0.6) is 0 Å². The van der Waals surface area contributed by atoms with Crippen molar-refractivity contribution in [3.8, 4) is 0 Å². The van der Waals surface area contributed by atoms with Gasteiger partial charge in [0, 0.05) is 19.3 Å². The van der Waals surface area contributed by atoms with Crippen molar-refractivity contribution in [2.45, 2.75) is 20.8 Å². The lowest BCUT2D eigenvalue weighted by atomic mass is 10.1. The molecule has 0 saturated heterocycles. The van der Waals surface area contributed by atoms with E-state index in [0.29, 0.717) is 22.1 Å². The second kappa shape index (κ2) is 7.47. The molecular formula is C18H21ClFN3. The molecule has 3 nitrogen and oxygen atoms in total. The van der Waals surface area contributed by atoms with Gasteiger partial charge in [0.2, 0.25) is 0 Å². The van der Waals surface area contributed by atoms with Gasteiger partial charge in [-0.1, -0.05) is 11.6 Å². The Bertz CT molecular complexity index is 708. The summed E-state index contributed by atoms with van der Waals surface area (Å²) < 4.78 is 13.5. The van der Waals surface area contributed by atoms with E-state index in [0.717, 1.165) is 17.7 Å². The number of aliphatic imine (C=N–C) groups is 1. The highest BCUT2D eigenvalue weighted by atomic mass is 35.5. The van der Waals surface area contributed by atoms with Gasteiger partial charge in [-0.05, 0) is 62.2 Å². The number of hydrogen-bond acceptors (Lipinski definition) is 2. The van der Waals surface area contributed by atoms with E-state index >= 15 is 0 Å². The average molecular weight is 334 g/mol. The van der Waals surface area contributed by atoms with Gasteiger partial charge in [0.25, 0.3) is 0 Å². The number of nitrogens with one attached hydrogen (secondary N) is 1. The Morgan fingerprint density at radius 1 is 1.17 bits per heavy atom. The van der Waals surface area contributed by atoms with E-state index in [2.05, 4.69) is 10.3 Å². The van der Waals surface area contributed by atoms with Crippen LogP contribution in [-0.4, -0.2) is 24.8 Å². The summed E-state index contributed by atoms with van der Waals surface area (Å²) in [5, 5.41) is 3.69. The number of benzene rings is 2. The molecule has 5 heteroatoms. The molecule has 0 spiro atoms. The van der Waals surface area contributed by atoms with Crippen LogP contribution in [0.4, 0.5) is 21.5 Å². The SMILES string of the molecule is CCN(C)/C=N\c1cc(C)cc(Nc2cc(C)cc(F)c2)c1Cl. The lowest BCUT2D eigenvalue weighted by Gasteiger charge is -2.13. The molecule has 0 heterocycles. The Morgan fingerprint density at radius 3 is 2.52 bits per heavy atom. The lowest BCUT2D eigenvalue weighted by Crippen LogP contribution is -2.14. The van der Waals surface area contributed by atoms with Crippen molar-refractivity contribution < 1.29 is 4.39 Å². The van der Waals surface area contributed by atoms with Crippen LogP contribution in [-0.2, 0) is 0 Å². The standard InChI is InChI=1S/C18H21ClFN3/c1-5-23(4)11-21-16-8-13(3)9-17(18(16)19)22-15-7-12(2)6-14(20)10-15/h6-11,22H,5H2,1-4H3/b21-11-. The van der Waals surface area contributed by atoms with Crippen molar-refractivity contribution in [2.24, 2.45) is 4.99 Å². The summed E-state index contributed by atoms with van der Waals surface area (Å²) in [5.74, 6) is -0.279. The van der Waals surface area contributed by atoms with E-state index < -0.39 is 0 Å². The smallest absolute Gasteiger partial charge is 0.125 e. The summed E-state index contributed by atoms with van der Waals surface area (Å²) >= 11 is 6.45. The molecule has 122 valence electrons. The fourth-order valence-corrected chi connectivity index (χ4v) is 2.35. The molecule has 2 aromatic rings. The molecule has 0 aliphatic rings. The number of rotatable bonds is 5. The van der Waals surface area contributed by atoms with E-state index in [1.165, 1.54) is 12.1 Å². The first-order valence-electron chi connectivity index (χ1n) is 7.48. The summed E-state index contributed by atoms with van der Waals surface area (Å²) in [5.41, 5.74) is 3.93. The molecule has 1 N–H and O–H groups in total. The van der Waals surface area contributed by atoms with Crippen molar-refractivity contribution >= 4 is 35.0 Å².